The Labute approximate surface area is 164 Å². The van der Waals surface area contributed by atoms with Gasteiger partial charge in [0.05, 0.1) is 5.52 Å². The monoisotopic (exact) mass is 376 g/mol. The topological polar surface area (TPSA) is 71.5 Å². The largest absolute Gasteiger partial charge is 0.489 e. The molecule has 0 spiro atoms. The minimum atomic E-state index is -0.275. The SMILES string of the molecule is O=C(NO)C1CCCCC1c1ccc(COc2ccc3ncccc3c2)cc1. The van der Waals surface area contributed by atoms with E-state index in [0.29, 0.717) is 6.61 Å². The number of carbonyl (C=O) groups excluding carboxylic acids is 1. The molecule has 2 atom stereocenters. The number of fused-ring (bicyclic) bond motifs is 1. The number of amides is 1. The average Bonchev–Trinajstić information content (AvgIpc) is 2.77. The predicted octanol–water partition coefficient (Wildman–Crippen LogP) is 4.59. The smallest absolute Gasteiger partial charge is 0.247 e. The van der Waals surface area contributed by atoms with Crippen LogP contribution in [0.4, 0.5) is 0 Å². The average molecular weight is 376 g/mol. The van der Waals surface area contributed by atoms with Gasteiger partial charge in [0.2, 0.25) is 5.91 Å². The van der Waals surface area contributed by atoms with Crippen molar-refractivity contribution in [2.24, 2.45) is 5.92 Å². The molecule has 2 unspecified atom stereocenters. The molecule has 1 heterocycles. The molecule has 0 aliphatic heterocycles. The molecule has 3 aromatic rings. The second-order valence-corrected chi connectivity index (χ2v) is 7.36. The molecule has 2 aromatic carbocycles. The van der Waals surface area contributed by atoms with E-state index < -0.39 is 0 Å². The molecule has 2 N–H and O–H groups in total. The number of pyridine rings is 1. The van der Waals surface area contributed by atoms with Crippen molar-refractivity contribution < 1.29 is 14.7 Å². The lowest BCUT2D eigenvalue weighted by Gasteiger charge is -2.30. The van der Waals surface area contributed by atoms with Gasteiger partial charge < -0.3 is 4.74 Å². The van der Waals surface area contributed by atoms with Crippen molar-refractivity contribution in [3.05, 3.63) is 71.9 Å². The number of ether oxygens (including phenoxy) is 1. The molecule has 5 heteroatoms. The first kappa shape index (κ1) is 18.4. The molecule has 144 valence electrons. The molecule has 0 radical (unpaired) electrons. The summed E-state index contributed by atoms with van der Waals surface area (Å²) in [6.45, 7) is 0.483. The molecule has 1 aliphatic rings. The molecule has 4 rings (SSSR count). The van der Waals surface area contributed by atoms with Gasteiger partial charge in [0.1, 0.15) is 12.4 Å². The van der Waals surface area contributed by atoms with Crippen molar-refractivity contribution in [3.8, 4) is 5.75 Å². The van der Waals surface area contributed by atoms with Gasteiger partial charge in [-0.3, -0.25) is 15.0 Å². The van der Waals surface area contributed by atoms with Gasteiger partial charge in [0.25, 0.3) is 0 Å². The first-order valence-electron chi connectivity index (χ1n) is 9.75. The van der Waals surface area contributed by atoms with E-state index in [4.69, 9.17) is 9.94 Å². The summed E-state index contributed by atoms with van der Waals surface area (Å²) >= 11 is 0. The van der Waals surface area contributed by atoms with E-state index in [1.165, 1.54) is 0 Å². The van der Waals surface area contributed by atoms with Gasteiger partial charge in [0.15, 0.2) is 0 Å². The minimum absolute atomic E-state index is 0.156. The summed E-state index contributed by atoms with van der Waals surface area (Å²) < 4.78 is 5.94. The van der Waals surface area contributed by atoms with E-state index in [1.54, 1.807) is 6.20 Å². The summed E-state index contributed by atoms with van der Waals surface area (Å²) in [5, 5.41) is 10.1. The zero-order chi connectivity index (χ0) is 19.3. The van der Waals surface area contributed by atoms with E-state index in [1.807, 2.05) is 35.8 Å². The third-order valence-corrected chi connectivity index (χ3v) is 5.60. The van der Waals surface area contributed by atoms with Crippen molar-refractivity contribution in [1.29, 1.82) is 0 Å². The molecule has 1 amide bonds. The number of carbonyl (C=O) groups is 1. The lowest BCUT2D eigenvalue weighted by Crippen LogP contribution is -2.34. The van der Waals surface area contributed by atoms with Crippen molar-refractivity contribution >= 4 is 16.8 Å². The Hall–Kier alpha value is -2.92. The van der Waals surface area contributed by atoms with Gasteiger partial charge in [-0.15, -0.1) is 0 Å². The third-order valence-electron chi connectivity index (χ3n) is 5.60. The Bertz CT molecular complexity index is 955. The van der Waals surface area contributed by atoms with E-state index in [-0.39, 0.29) is 17.7 Å². The quantitative estimate of drug-likeness (QED) is 0.504. The second-order valence-electron chi connectivity index (χ2n) is 7.36. The molecular formula is C23H24N2O3. The van der Waals surface area contributed by atoms with Gasteiger partial charge in [-0.25, -0.2) is 5.48 Å². The number of aromatic nitrogens is 1. The Morgan fingerprint density at radius 3 is 2.75 bits per heavy atom. The number of hydrogen-bond acceptors (Lipinski definition) is 4. The van der Waals surface area contributed by atoms with E-state index in [9.17, 15) is 4.79 Å². The van der Waals surface area contributed by atoms with E-state index >= 15 is 0 Å². The minimum Gasteiger partial charge on any atom is -0.489 e. The second kappa shape index (κ2) is 8.40. The van der Waals surface area contributed by atoms with E-state index in [2.05, 4.69) is 29.2 Å². The molecule has 1 fully saturated rings. The number of hydroxylamine groups is 1. The van der Waals surface area contributed by atoms with Crippen molar-refractivity contribution in [2.45, 2.75) is 38.2 Å². The van der Waals surface area contributed by atoms with Gasteiger partial charge in [-0.05, 0) is 54.2 Å². The zero-order valence-electron chi connectivity index (χ0n) is 15.7. The summed E-state index contributed by atoms with van der Waals surface area (Å²) in [4.78, 5) is 16.3. The molecule has 1 aliphatic carbocycles. The lowest BCUT2D eigenvalue weighted by molar-refractivity contribution is -0.135. The van der Waals surface area contributed by atoms with Crippen LogP contribution in [0, 0.1) is 5.92 Å². The first-order chi connectivity index (χ1) is 13.7. The zero-order valence-corrected chi connectivity index (χ0v) is 15.7. The van der Waals surface area contributed by atoms with Crippen LogP contribution in [0.25, 0.3) is 10.9 Å². The molecule has 5 nitrogen and oxygen atoms in total. The Morgan fingerprint density at radius 2 is 1.93 bits per heavy atom. The van der Waals surface area contributed by atoms with E-state index in [0.717, 1.165) is 53.5 Å². The third kappa shape index (κ3) is 3.99. The van der Waals surface area contributed by atoms with Gasteiger partial charge in [-0.1, -0.05) is 43.2 Å². The number of nitrogens with one attached hydrogen (secondary N) is 1. The Kier molecular flexibility index (Phi) is 5.53. The van der Waals surface area contributed by atoms with Crippen molar-refractivity contribution in [3.63, 3.8) is 0 Å². The lowest BCUT2D eigenvalue weighted by atomic mass is 9.75. The summed E-state index contributed by atoms with van der Waals surface area (Å²) in [7, 11) is 0. The van der Waals surface area contributed by atoms with Crippen LogP contribution in [0.3, 0.4) is 0 Å². The van der Waals surface area contributed by atoms with Gasteiger partial charge >= 0.3 is 0 Å². The number of benzene rings is 2. The maximum Gasteiger partial charge on any atom is 0.247 e. The normalized spacial score (nSPS) is 19.3. The standard InChI is InChI=1S/C23H24N2O3/c26-23(25-27)21-6-2-1-5-20(21)17-9-7-16(8-10-17)15-28-19-11-12-22-18(14-19)4-3-13-24-22/h3-4,7-14,20-21,27H,1-2,5-6,15H2,(H,25,26). The molecule has 0 saturated heterocycles. The van der Waals surface area contributed by atoms with Crippen LogP contribution in [-0.4, -0.2) is 16.1 Å². The summed E-state index contributed by atoms with van der Waals surface area (Å²) in [5.41, 5.74) is 5.01. The number of nitrogens with zero attached hydrogens (tertiary/aromatic N) is 1. The van der Waals surface area contributed by atoms with Crippen LogP contribution in [0.5, 0.6) is 5.75 Å². The van der Waals surface area contributed by atoms with Gasteiger partial charge in [0, 0.05) is 17.5 Å². The fourth-order valence-electron chi connectivity index (χ4n) is 4.10. The fraction of sp³-hybridized carbons (Fsp3) is 0.304. The summed E-state index contributed by atoms with van der Waals surface area (Å²) in [6, 6.07) is 18.1. The highest BCUT2D eigenvalue weighted by atomic mass is 16.5. The highest BCUT2D eigenvalue weighted by molar-refractivity contribution is 5.80. The van der Waals surface area contributed by atoms with Crippen LogP contribution in [0.15, 0.2) is 60.8 Å². The molecular weight excluding hydrogens is 352 g/mol. The van der Waals surface area contributed by atoms with Gasteiger partial charge in [-0.2, -0.15) is 0 Å². The van der Waals surface area contributed by atoms with Crippen LogP contribution in [0.2, 0.25) is 0 Å². The Balaban J connectivity index is 1.43. The number of hydrogen-bond donors (Lipinski definition) is 2. The molecule has 28 heavy (non-hydrogen) atoms. The highest BCUT2D eigenvalue weighted by Gasteiger charge is 2.31. The van der Waals surface area contributed by atoms with Crippen molar-refractivity contribution in [2.75, 3.05) is 0 Å². The highest BCUT2D eigenvalue weighted by Crippen LogP contribution is 2.38. The molecule has 0 bridgehead atoms. The first-order valence-corrected chi connectivity index (χ1v) is 9.75. The summed E-state index contributed by atoms with van der Waals surface area (Å²) in [6.07, 6.45) is 5.71. The van der Waals surface area contributed by atoms with Crippen LogP contribution in [-0.2, 0) is 11.4 Å². The van der Waals surface area contributed by atoms with Crippen LogP contribution >= 0.6 is 0 Å². The molecule has 1 aromatic heterocycles. The van der Waals surface area contributed by atoms with Crippen LogP contribution in [0.1, 0.15) is 42.7 Å². The maximum atomic E-state index is 12.0. The fourth-order valence-corrected chi connectivity index (χ4v) is 4.10. The summed E-state index contributed by atoms with van der Waals surface area (Å²) in [5.74, 6) is 0.537. The van der Waals surface area contributed by atoms with Crippen molar-refractivity contribution in [1.82, 2.24) is 10.5 Å². The molecule has 1 saturated carbocycles. The maximum absolute atomic E-state index is 12.0. The Morgan fingerprint density at radius 1 is 1.11 bits per heavy atom. The predicted molar refractivity (Wildman–Crippen MR) is 107 cm³/mol. The van der Waals surface area contributed by atoms with Crippen LogP contribution < -0.4 is 10.2 Å². The number of rotatable bonds is 5.